The van der Waals surface area contributed by atoms with E-state index in [1.165, 1.54) is 12.1 Å². The smallest absolute Gasteiger partial charge is 0.126 e. The quantitative estimate of drug-likeness (QED) is 0.758. The lowest BCUT2D eigenvalue weighted by molar-refractivity contribution is 0.582. The molecule has 1 aromatic carbocycles. The summed E-state index contributed by atoms with van der Waals surface area (Å²) < 4.78 is 25.9. The minimum Gasteiger partial charge on any atom is -0.317 e. The molecule has 0 saturated heterocycles. The van der Waals surface area contributed by atoms with Crippen molar-refractivity contribution < 1.29 is 8.78 Å². The van der Waals surface area contributed by atoms with Crippen LogP contribution in [0.15, 0.2) is 24.3 Å². The molecular weight excluding hydrogens is 208 g/mol. The van der Waals surface area contributed by atoms with Crippen LogP contribution in [0.3, 0.4) is 0 Å². The first kappa shape index (κ1) is 12.8. The molecule has 0 fully saturated rings. The van der Waals surface area contributed by atoms with Gasteiger partial charge >= 0.3 is 0 Å². The fourth-order valence-electron chi connectivity index (χ4n) is 1.47. The van der Waals surface area contributed by atoms with Crippen molar-refractivity contribution >= 4 is 5.57 Å². The second-order valence-corrected chi connectivity index (χ2v) is 3.69. The first-order valence-electron chi connectivity index (χ1n) is 5.47. The Morgan fingerprint density at radius 2 is 1.88 bits per heavy atom. The van der Waals surface area contributed by atoms with Crippen molar-refractivity contribution in [1.29, 1.82) is 0 Å². The van der Waals surface area contributed by atoms with Crippen LogP contribution in [0.4, 0.5) is 8.78 Å². The SMILES string of the molecule is CCNCCC=C(C)c1cc(F)cc(F)c1. The Labute approximate surface area is 95.2 Å². The Bertz CT molecular complexity index is 352. The van der Waals surface area contributed by atoms with Crippen LogP contribution in [0.2, 0.25) is 0 Å². The number of halogens is 2. The number of allylic oxidation sites excluding steroid dienone is 1. The minimum atomic E-state index is -0.533. The lowest BCUT2D eigenvalue weighted by Crippen LogP contribution is -2.13. The molecule has 0 saturated carbocycles. The molecule has 0 radical (unpaired) electrons. The van der Waals surface area contributed by atoms with Gasteiger partial charge in [0.15, 0.2) is 0 Å². The maximum absolute atomic E-state index is 13.0. The van der Waals surface area contributed by atoms with Crippen LogP contribution in [-0.2, 0) is 0 Å². The zero-order valence-corrected chi connectivity index (χ0v) is 9.69. The van der Waals surface area contributed by atoms with Crippen molar-refractivity contribution in [1.82, 2.24) is 5.32 Å². The second-order valence-electron chi connectivity index (χ2n) is 3.69. The zero-order chi connectivity index (χ0) is 12.0. The molecule has 1 aromatic rings. The summed E-state index contributed by atoms with van der Waals surface area (Å²) in [4.78, 5) is 0. The van der Waals surface area contributed by atoms with Gasteiger partial charge in [-0.2, -0.15) is 0 Å². The molecule has 0 aliphatic rings. The molecule has 1 N–H and O–H groups in total. The molecule has 1 nitrogen and oxygen atoms in total. The van der Waals surface area contributed by atoms with Gasteiger partial charge in [0.2, 0.25) is 0 Å². The summed E-state index contributed by atoms with van der Waals surface area (Å²) in [5.74, 6) is -1.07. The van der Waals surface area contributed by atoms with Crippen LogP contribution in [0, 0.1) is 11.6 Å². The molecule has 0 spiro atoms. The Morgan fingerprint density at radius 3 is 2.44 bits per heavy atom. The monoisotopic (exact) mass is 225 g/mol. The first-order valence-corrected chi connectivity index (χ1v) is 5.47. The second kappa shape index (κ2) is 6.38. The average molecular weight is 225 g/mol. The maximum Gasteiger partial charge on any atom is 0.126 e. The van der Waals surface area contributed by atoms with E-state index in [-0.39, 0.29) is 0 Å². The molecule has 3 heteroatoms. The summed E-state index contributed by atoms with van der Waals surface area (Å²) in [6.45, 7) is 5.71. The van der Waals surface area contributed by atoms with Crippen molar-refractivity contribution in [3.8, 4) is 0 Å². The van der Waals surface area contributed by atoms with Crippen molar-refractivity contribution in [3.63, 3.8) is 0 Å². The molecule has 0 aliphatic carbocycles. The van der Waals surface area contributed by atoms with Gasteiger partial charge in [0.25, 0.3) is 0 Å². The highest BCUT2D eigenvalue weighted by molar-refractivity contribution is 5.63. The Balaban J connectivity index is 2.67. The van der Waals surface area contributed by atoms with Gasteiger partial charge in [-0.1, -0.05) is 13.0 Å². The molecule has 88 valence electrons. The third-order valence-electron chi connectivity index (χ3n) is 2.34. The van der Waals surface area contributed by atoms with E-state index in [0.717, 1.165) is 31.1 Å². The maximum atomic E-state index is 13.0. The third kappa shape index (κ3) is 4.11. The van der Waals surface area contributed by atoms with Gasteiger partial charge in [-0.05, 0) is 49.7 Å². The summed E-state index contributed by atoms with van der Waals surface area (Å²) in [5, 5.41) is 3.19. The number of hydrogen-bond donors (Lipinski definition) is 1. The lowest BCUT2D eigenvalue weighted by Gasteiger charge is -2.03. The third-order valence-corrected chi connectivity index (χ3v) is 2.34. The van der Waals surface area contributed by atoms with Crippen LogP contribution in [0.5, 0.6) is 0 Å². The average Bonchev–Trinajstić information content (AvgIpc) is 2.22. The van der Waals surface area contributed by atoms with Gasteiger partial charge < -0.3 is 5.32 Å². The Kier molecular flexibility index (Phi) is 5.12. The normalized spacial score (nSPS) is 11.9. The number of benzene rings is 1. The topological polar surface area (TPSA) is 12.0 Å². The largest absolute Gasteiger partial charge is 0.317 e. The number of hydrogen-bond acceptors (Lipinski definition) is 1. The molecule has 0 bridgehead atoms. The minimum absolute atomic E-state index is 0.533. The van der Waals surface area contributed by atoms with Crippen LogP contribution in [-0.4, -0.2) is 13.1 Å². The number of nitrogens with one attached hydrogen (secondary N) is 1. The highest BCUT2D eigenvalue weighted by Crippen LogP contribution is 2.17. The first-order chi connectivity index (χ1) is 7.63. The molecule has 16 heavy (non-hydrogen) atoms. The van der Waals surface area contributed by atoms with Crippen molar-refractivity contribution in [2.75, 3.05) is 13.1 Å². The van der Waals surface area contributed by atoms with Crippen LogP contribution < -0.4 is 5.32 Å². The lowest BCUT2D eigenvalue weighted by atomic mass is 10.1. The summed E-state index contributed by atoms with van der Waals surface area (Å²) >= 11 is 0. The molecular formula is C13H17F2N. The fraction of sp³-hybridized carbons (Fsp3) is 0.385. The van der Waals surface area contributed by atoms with Gasteiger partial charge in [-0.25, -0.2) is 8.78 Å². The van der Waals surface area contributed by atoms with E-state index >= 15 is 0 Å². The van der Waals surface area contributed by atoms with Gasteiger partial charge in [0, 0.05) is 6.07 Å². The molecule has 0 unspecified atom stereocenters. The van der Waals surface area contributed by atoms with Gasteiger partial charge in [-0.3, -0.25) is 0 Å². The van der Waals surface area contributed by atoms with Gasteiger partial charge in [-0.15, -0.1) is 0 Å². The summed E-state index contributed by atoms with van der Waals surface area (Å²) in [7, 11) is 0. The molecule has 0 atom stereocenters. The van der Waals surface area contributed by atoms with E-state index in [0.29, 0.717) is 5.56 Å². The van der Waals surface area contributed by atoms with Gasteiger partial charge in [0.1, 0.15) is 11.6 Å². The summed E-state index contributed by atoms with van der Waals surface area (Å²) in [5.41, 5.74) is 1.50. The van der Waals surface area contributed by atoms with Crippen LogP contribution >= 0.6 is 0 Å². The van der Waals surface area contributed by atoms with E-state index in [2.05, 4.69) is 5.32 Å². The highest BCUT2D eigenvalue weighted by Gasteiger charge is 2.01. The van der Waals surface area contributed by atoms with Crippen molar-refractivity contribution in [2.45, 2.75) is 20.3 Å². The predicted molar refractivity (Wildman–Crippen MR) is 63.2 cm³/mol. The van der Waals surface area contributed by atoms with E-state index in [9.17, 15) is 8.78 Å². The molecule has 1 rings (SSSR count). The molecule has 0 aliphatic heterocycles. The van der Waals surface area contributed by atoms with E-state index < -0.39 is 11.6 Å². The molecule has 0 heterocycles. The number of rotatable bonds is 5. The van der Waals surface area contributed by atoms with Crippen LogP contribution in [0.1, 0.15) is 25.8 Å². The summed E-state index contributed by atoms with van der Waals surface area (Å²) in [6, 6.07) is 3.58. The Hall–Kier alpha value is -1.22. The highest BCUT2D eigenvalue weighted by atomic mass is 19.1. The molecule has 0 amide bonds. The van der Waals surface area contributed by atoms with Crippen molar-refractivity contribution in [2.24, 2.45) is 0 Å². The summed E-state index contributed by atoms with van der Waals surface area (Å²) in [6.07, 6.45) is 2.84. The van der Waals surface area contributed by atoms with E-state index in [4.69, 9.17) is 0 Å². The van der Waals surface area contributed by atoms with Crippen LogP contribution in [0.25, 0.3) is 5.57 Å². The molecule has 0 aromatic heterocycles. The van der Waals surface area contributed by atoms with E-state index in [1.54, 1.807) is 0 Å². The fourth-order valence-corrected chi connectivity index (χ4v) is 1.47. The van der Waals surface area contributed by atoms with E-state index in [1.807, 2.05) is 19.9 Å². The Morgan fingerprint density at radius 1 is 1.25 bits per heavy atom. The predicted octanol–water partition coefficient (Wildman–Crippen LogP) is 3.37. The zero-order valence-electron chi connectivity index (χ0n) is 9.69. The van der Waals surface area contributed by atoms with Gasteiger partial charge in [0.05, 0.1) is 0 Å². The standard InChI is InChI=1S/C13H17F2N/c1-3-16-6-4-5-10(2)11-7-12(14)9-13(15)8-11/h5,7-9,16H,3-4,6H2,1-2H3. The van der Waals surface area contributed by atoms with Crippen molar-refractivity contribution in [3.05, 3.63) is 41.5 Å².